The first-order chi connectivity index (χ1) is 16.5. The first-order valence-corrected chi connectivity index (χ1v) is 10.6. The van der Waals surface area contributed by atoms with Crippen molar-refractivity contribution in [3.63, 3.8) is 0 Å². The highest BCUT2D eigenvalue weighted by atomic mass is 19.3. The largest absolute Gasteiger partial charge is 0.496 e. The molecule has 0 saturated heterocycles. The lowest BCUT2D eigenvalue weighted by molar-refractivity contribution is -0.0502. The molecule has 174 valence electrons. The number of amides is 1. The summed E-state index contributed by atoms with van der Waals surface area (Å²) in [6.45, 7) is -3.11. The number of imidazole rings is 1. The topological polar surface area (TPSA) is 87.0 Å². The first kappa shape index (κ1) is 21.6. The van der Waals surface area contributed by atoms with Gasteiger partial charge in [-0.2, -0.15) is 8.78 Å². The SMILES string of the molecule is COc1cc(-c2cnc3cc(Oc4ccccn4)ccn23)cc(OC(F)F)c1C(=O)NC1CC1. The molecule has 1 fully saturated rings. The quantitative estimate of drug-likeness (QED) is 0.405. The average molecular weight is 466 g/mol. The number of benzene rings is 1. The Morgan fingerprint density at radius 2 is 1.97 bits per heavy atom. The van der Waals surface area contributed by atoms with Crippen molar-refractivity contribution >= 4 is 11.6 Å². The number of fused-ring (bicyclic) bond motifs is 1. The van der Waals surface area contributed by atoms with Crippen molar-refractivity contribution in [1.82, 2.24) is 19.7 Å². The Kier molecular flexibility index (Phi) is 5.70. The van der Waals surface area contributed by atoms with Gasteiger partial charge in [-0.1, -0.05) is 6.07 Å². The molecule has 10 heteroatoms. The molecule has 0 atom stereocenters. The number of nitrogens with one attached hydrogen (secondary N) is 1. The maximum Gasteiger partial charge on any atom is 0.387 e. The van der Waals surface area contributed by atoms with Crippen LogP contribution in [0.1, 0.15) is 23.2 Å². The predicted molar refractivity (Wildman–Crippen MR) is 119 cm³/mol. The van der Waals surface area contributed by atoms with Crippen LogP contribution in [-0.4, -0.2) is 40.0 Å². The minimum Gasteiger partial charge on any atom is -0.496 e. The predicted octanol–water partition coefficient (Wildman–Crippen LogP) is 4.69. The molecule has 1 saturated carbocycles. The van der Waals surface area contributed by atoms with Crippen molar-refractivity contribution < 1.29 is 27.8 Å². The Bertz CT molecular complexity index is 1340. The maximum absolute atomic E-state index is 13.2. The van der Waals surface area contributed by atoms with E-state index in [0.29, 0.717) is 28.5 Å². The molecule has 8 nitrogen and oxygen atoms in total. The fourth-order valence-electron chi connectivity index (χ4n) is 3.56. The molecule has 1 N–H and O–H groups in total. The zero-order valence-corrected chi connectivity index (χ0v) is 18.1. The van der Waals surface area contributed by atoms with Crippen LogP contribution in [0.5, 0.6) is 23.1 Å². The lowest BCUT2D eigenvalue weighted by Crippen LogP contribution is -2.26. The minimum atomic E-state index is -3.11. The Morgan fingerprint density at radius 3 is 2.68 bits per heavy atom. The van der Waals surface area contributed by atoms with Crippen molar-refractivity contribution in [3.8, 4) is 34.4 Å². The molecule has 3 aromatic heterocycles. The van der Waals surface area contributed by atoms with Crippen LogP contribution in [0.4, 0.5) is 8.78 Å². The summed E-state index contributed by atoms with van der Waals surface area (Å²) in [4.78, 5) is 21.3. The molecule has 4 aromatic rings. The summed E-state index contributed by atoms with van der Waals surface area (Å²) in [6.07, 6.45) is 6.66. The number of carbonyl (C=O) groups is 1. The van der Waals surface area contributed by atoms with Gasteiger partial charge in [-0.15, -0.1) is 0 Å². The van der Waals surface area contributed by atoms with Gasteiger partial charge >= 0.3 is 6.61 Å². The average Bonchev–Trinajstić information content (AvgIpc) is 3.54. The second-order valence-electron chi connectivity index (χ2n) is 7.68. The smallest absolute Gasteiger partial charge is 0.387 e. The molecule has 1 aliphatic rings. The number of hydrogen-bond donors (Lipinski definition) is 1. The van der Waals surface area contributed by atoms with Gasteiger partial charge < -0.3 is 19.5 Å². The summed E-state index contributed by atoms with van der Waals surface area (Å²) in [5, 5.41) is 2.79. The summed E-state index contributed by atoms with van der Waals surface area (Å²) in [5.41, 5.74) is 1.57. The molecule has 0 aliphatic heterocycles. The number of hydrogen-bond acceptors (Lipinski definition) is 6. The number of carbonyl (C=O) groups excluding carboxylic acids is 1. The summed E-state index contributed by atoms with van der Waals surface area (Å²) >= 11 is 0. The molecule has 1 amide bonds. The van der Waals surface area contributed by atoms with E-state index >= 15 is 0 Å². The zero-order valence-electron chi connectivity index (χ0n) is 18.1. The highest BCUT2D eigenvalue weighted by Crippen LogP contribution is 2.37. The molecular weight excluding hydrogens is 446 g/mol. The van der Waals surface area contributed by atoms with Gasteiger partial charge in [0.05, 0.1) is 19.0 Å². The molecule has 5 rings (SSSR count). The number of halogens is 2. The maximum atomic E-state index is 13.2. The highest BCUT2D eigenvalue weighted by molar-refractivity contribution is 6.01. The van der Waals surface area contributed by atoms with Crippen LogP contribution in [0.2, 0.25) is 0 Å². The second kappa shape index (κ2) is 8.97. The third-order valence-electron chi connectivity index (χ3n) is 5.28. The Labute approximate surface area is 193 Å². The normalized spacial score (nSPS) is 13.2. The van der Waals surface area contributed by atoms with Crippen molar-refractivity contribution in [2.24, 2.45) is 0 Å². The van der Waals surface area contributed by atoms with E-state index in [0.717, 1.165) is 12.8 Å². The van der Waals surface area contributed by atoms with E-state index in [1.54, 1.807) is 53.3 Å². The molecule has 1 aromatic carbocycles. The van der Waals surface area contributed by atoms with E-state index in [2.05, 4.69) is 15.3 Å². The lowest BCUT2D eigenvalue weighted by atomic mass is 10.1. The zero-order chi connectivity index (χ0) is 23.7. The van der Waals surface area contributed by atoms with Gasteiger partial charge in [-0.25, -0.2) is 9.97 Å². The van der Waals surface area contributed by atoms with Crippen LogP contribution in [0.3, 0.4) is 0 Å². The van der Waals surface area contributed by atoms with Crippen molar-refractivity contribution in [2.75, 3.05) is 7.11 Å². The van der Waals surface area contributed by atoms with E-state index in [1.807, 2.05) is 6.07 Å². The number of nitrogens with zero attached hydrogens (tertiary/aromatic N) is 3. The van der Waals surface area contributed by atoms with Crippen LogP contribution in [0.25, 0.3) is 16.9 Å². The van der Waals surface area contributed by atoms with E-state index in [4.69, 9.17) is 14.2 Å². The van der Waals surface area contributed by atoms with Gasteiger partial charge in [0, 0.05) is 36.1 Å². The van der Waals surface area contributed by atoms with Crippen LogP contribution in [0.15, 0.2) is 61.1 Å². The second-order valence-corrected chi connectivity index (χ2v) is 7.68. The van der Waals surface area contributed by atoms with E-state index in [9.17, 15) is 13.6 Å². The third-order valence-corrected chi connectivity index (χ3v) is 5.28. The molecule has 0 unspecified atom stereocenters. The highest BCUT2D eigenvalue weighted by Gasteiger charge is 2.29. The fraction of sp³-hybridized carbons (Fsp3) is 0.208. The number of pyridine rings is 2. The monoisotopic (exact) mass is 466 g/mol. The van der Waals surface area contributed by atoms with Gasteiger partial charge in [0.25, 0.3) is 5.91 Å². The first-order valence-electron chi connectivity index (χ1n) is 10.6. The van der Waals surface area contributed by atoms with Crippen molar-refractivity contribution in [1.29, 1.82) is 0 Å². The number of methoxy groups -OCH3 is 1. The van der Waals surface area contributed by atoms with Gasteiger partial charge in [-0.05, 0) is 37.1 Å². The molecule has 34 heavy (non-hydrogen) atoms. The Hall–Kier alpha value is -4.21. The summed E-state index contributed by atoms with van der Waals surface area (Å²) < 4.78 is 44.0. The van der Waals surface area contributed by atoms with Crippen LogP contribution < -0.4 is 19.5 Å². The van der Waals surface area contributed by atoms with Gasteiger partial charge in [0.1, 0.15) is 28.5 Å². The van der Waals surface area contributed by atoms with Crippen LogP contribution in [0, 0.1) is 0 Å². The molecule has 0 radical (unpaired) electrons. The van der Waals surface area contributed by atoms with E-state index in [1.165, 1.54) is 13.2 Å². The van der Waals surface area contributed by atoms with Gasteiger partial charge in [-0.3, -0.25) is 9.20 Å². The fourth-order valence-corrected chi connectivity index (χ4v) is 3.56. The van der Waals surface area contributed by atoms with Crippen LogP contribution >= 0.6 is 0 Å². The summed E-state index contributed by atoms with van der Waals surface area (Å²) in [6, 6.07) is 11.8. The van der Waals surface area contributed by atoms with Crippen molar-refractivity contribution in [2.45, 2.75) is 25.5 Å². The summed E-state index contributed by atoms with van der Waals surface area (Å²) in [5.74, 6) is 0.312. The molecule has 0 bridgehead atoms. The van der Waals surface area contributed by atoms with E-state index < -0.39 is 12.5 Å². The standard InChI is InChI=1S/C24H20F2N4O4/c1-32-18-10-14(11-19(34-24(25)26)22(18)23(31)29-15-5-6-15)17-13-28-20-12-16(7-9-30(17)20)33-21-4-2-3-8-27-21/h2-4,7-13,15,24H,5-6H2,1H3,(H,29,31). The van der Waals surface area contributed by atoms with Gasteiger partial charge in [0.2, 0.25) is 5.88 Å². The minimum absolute atomic E-state index is 0.0394. The van der Waals surface area contributed by atoms with Crippen LogP contribution in [-0.2, 0) is 0 Å². The Morgan fingerprint density at radius 1 is 1.15 bits per heavy atom. The van der Waals surface area contributed by atoms with E-state index in [-0.39, 0.29) is 23.1 Å². The Balaban J connectivity index is 1.53. The summed E-state index contributed by atoms with van der Waals surface area (Å²) in [7, 11) is 1.37. The molecule has 0 spiro atoms. The van der Waals surface area contributed by atoms with Crippen molar-refractivity contribution in [3.05, 3.63) is 66.6 Å². The number of ether oxygens (including phenoxy) is 3. The molecular formula is C24H20F2N4O4. The number of aromatic nitrogens is 3. The lowest BCUT2D eigenvalue weighted by Gasteiger charge is -2.16. The third kappa shape index (κ3) is 4.47. The molecule has 3 heterocycles. The number of rotatable bonds is 8. The number of alkyl halides is 2. The van der Waals surface area contributed by atoms with Gasteiger partial charge in [0.15, 0.2) is 0 Å². The molecule has 1 aliphatic carbocycles.